The van der Waals surface area contributed by atoms with E-state index in [2.05, 4.69) is 15.5 Å². The topological polar surface area (TPSA) is 78.4 Å². The number of aromatic nitrogens is 2. The van der Waals surface area contributed by atoms with Crippen molar-refractivity contribution in [1.29, 1.82) is 0 Å². The Morgan fingerprint density at radius 3 is 2.37 bits per heavy atom. The fourth-order valence-electron chi connectivity index (χ4n) is 4.61. The Hall–Kier alpha value is -3.88. The lowest BCUT2D eigenvalue weighted by Crippen LogP contribution is -2.52. The van der Waals surface area contributed by atoms with Crippen LogP contribution in [0.2, 0.25) is 0 Å². The zero-order valence-corrected chi connectivity index (χ0v) is 19.0. The predicted molar refractivity (Wildman–Crippen MR) is 127 cm³/mol. The van der Waals surface area contributed by atoms with E-state index in [4.69, 9.17) is 0 Å². The third kappa shape index (κ3) is 4.99. The highest BCUT2D eigenvalue weighted by Gasteiger charge is 2.34. The van der Waals surface area contributed by atoms with E-state index in [9.17, 15) is 18.4 Å². The van der Waals surface area contributed by atoms with Gasteiger partial charge < -0.3 is 15.1 Å². The van der Waals surface area contributed by atoms with Crippen molar-refractivity contribution in [1.82, 2.24) is 15.1 Å². The van der Waals surface area contributed by atoms with Crippen molar-refractivity contribution < 1.29 is 18.4 Å². The molecular weight excluding hydrogens is 452 g/mol. The van der Waals surface area contributed by atoms with Gasteiger partial charge in [0.15, 0.2) is 5.82 Å². The first-order valence-corrected chi connectivity index (χ1v) is 11.7. The first-order chi connectivity index (χ1) is 17.0. The second-order valence-corrected chi connectivity index (χ2v) is 8.99. The average Bonchev–Trinajstić information content (AvgIpc) is 2.85. The Kier molecular flexibility index (Phi) is 6.39. The Morgan fingerprint density at radius 1 is 0.971 bits per heavy atom. The van der Waals surface area contributed by atoms with Crippen LogP contribution in [0, 0.1) is 17.6 Å². The van der Waals surface area contributed by atoms with Gasteiger partial charge in [-0.1, -0.05) is 6.07 Å². The minimum atomic E-state index is -0.467. The Morgan fingerprint density at radius 2 is 1.71 bits per heavy atom. The maximum Gasteiger partial charge on any atom is 0.253 e. The van der Waals surface area contributed by atoms with Gasteiger partial charge in [0.1, 0.15) is 11.6 Å². The molecule has 2 aliphatic heterocycles. The smallest absolute Gasteiger partial charge is 0.253 e. The van der Waals surface area contributed by atoms with Crippen LogP contribution in [0.3, 0.4) is 0 Å². The van der Waals surface area contributed by atoms with E-state index in [0.29, 0.717) is 44.6 Å². The number of amides is 2. The quantitative estimate of drug-likeness (QED) is 0.604. The van der Waals surface area contributed by atoms with Gasteiger partial charge in [0.2, 0.25) is 5.91 Å². The normalized spacial score (nSPS) is 16.6. The van der Waals surface area contributed by atoms with Crippen molar-refractivity contribution >= 4 is 23.3 Å². The van der Waals surface area contributed by atoms with Crippen LogP contribution >= 0.6 is 0 Å². The molecule has 0 bridgehead atoms. The number of piperidine rings is 1. The summed E-state index contributed by atoms with van der Waals surface area (Å²) in [4.78, 5) is 28.9. The summed E-state index contributed by atoms with van der Waals surface area (Å²) in [7, 11) is 0. The fourth-order valence-corrected chi connectivity index (χ4v) is 4.61. The van der Waals surface area contributed by atoms with Gasteiger partial charge in [-0.15, -0.1) is 5.10 Å². The molecule has 35 heavy (non-hydrogen) atoms. The Bertz CT molecular complexity index is 1210. The molecule has 3 heterocycles. The lowest BCUT2D eigenvalue weighted by Gasteiger charge is -2.38. The van der Waals surface area contributed by atoms with Crippen LogP contribution in [0.1, 0.15) is 34.7 Å². The van der Waals surface area contributed by atoms with Crippen LogP contribution in [0.5, 0.6) is 0 Å². The number of halogens is 2. The molecule has 2 fully saturated rings. The lowest BCUT2D eigenvalue weighted by atomic mass is 9.89. The highest BCUT2D eigenvalue weighted by Crippen LogP contribution is 2.31. The summed E-state index contributed by atoms with van der Waals surface area (Å²) in [6, 6.07) is 14.1. The SMILES string of the molecule is O=C(Nc1ccc(C2CCN(C(=O)c3ccc(F)cc3)CC2)cc1F)C1CN(c2cccnn2)C1. The molecule has 2 aromatic carbocycles. The minimum Gasteiger partial charge on any atom is -0.353 e. The molecule has 0 saturated carbocycles. The third-order valence-corrected chi connectivity index (χ3v) is 6.73. The van der Waals surface area contributed by atoms with E-state index in [1.807, 2.05) is 17.0 Å². The monoisotopic (exact) mass is 477 g/mol. The molecule has 1 N–H and O–H groups in total. The molecule has 180 valence electrons. The van der Waals surface area contributed by atoms with Gasteiger partial charge in [-0.2, -0.15) is 5.10 Å². The standard InChI is InChI=1S/C26H25F2N5O2/c27-21-6-3-18(4-7-21)26(35)32-12-9-17(10-13-32)19-5-8-23(22(28)14-19)30-25(34)20-15-33(16-20)24-2-1-11-29-31-24/h1-8,11,14,17,20H,9-10,12-13,15-16H2,(H,30,34). The van der Waals surface area contributed by atoms with E-state index in [1.54, 1.807) is 23.2 Å². The van der Waals surface area contributed by atoms with Crippen molar-refractivity contribution in [3.05, 3.63) is 83.6 Å². The molecule has 0 spiro atoms. The molecule has 0 unspecified atom stereocenters. The van der Waals surface area contributed by atoms with Gasteiger partial charge >= 0.3 is 0 Å². The highest BCUT2D eigenvalue weighted by atomic mass is 19.1. The predicted octanol–water partition coefficient (Wildman–Crippen LogP) is 3.85. The summed E-state index contributed by atoms with van der Waals surface area (Å²) in [5, 5.41) is 10.6. The molecule has 0 aliphatic carbocycles. The van der Waals surface area contributed by atoms with E-state index in [-0.39, 0.29) is 35.2 Å². The number of carbonyl (C=O) groups is 2. The van der Waals surface area contributed by atoms with Crippen LogP contribution in [0.4, 0.5) is 20.3 Å². The van der Waals surface area contributed by atoms with Crippen LogP contribution in [0.15, 0.2) is 60.8 Å². The highest BCUT2D eigenvalue weighted by molar-refractivity contribution is 5.95. The van der Waals surface area contributed by atoms with Gasteiger partial charge in [-0.25, -0.2) is 8.78 Å². The van der Waals surface area contributed by atoms with Gasteiger partial charge in [-0.3, -0.25) is 9.59 Å². The van der Waals surface area contributed by atoms with E-state index in [0.717, 1.165) is 11.4 Å². The van der Waals surface area contributed by atoms with Crippen LogP contribution in [-0.4, -0.2) is 53.1 Å². The zero-order valence-electron chi connectivity index (χ0n) is 19.0. The largest absolute Gasteiger partial charge is 0.353 e. The minimum absolute atomic E-state index is 0.124. The van der Waals surface area contributed by atoms with Crippen molar-refractivity contribution in [3.63, 3.8) is 0 Å². The van der Waals surface area contributed by atoms with Gasteiger partial charge in [-0.05, 0) is 72.9 Å². The molecule has 1 aromatic heterocycles. The number of likely N-dealkylation sites (tertiary alicyclic amines) is 1. The third-order valence-electron chi connectivity index (χ3n) is 6.73. The number of benzene rings is 2. The number of rotatable bonds is 5. The number of nitrogens with one attached hydrogen (secondary N) is 1. The molecule has 7 nitrogen and oxygen atoms in total. The zero-order chi connectivity index (χ0) is 24.4. The second kappa shape index (κ2) is 9.77. The summed E-state index contributed by atoms with van der Waals surface area (Å²) in [6.45, 7) is 2.12. The molecule has 5 rings (SSSR count). The summed E-state index contributed by atoms with van der Waals surface area (Å²) in [6.07, 6.45) is 3.01. The van der Waals surface area contributed by atoms with Crippen LogP contribution in [-0.2, 0) is 4.79 Å². The van der Waals surface area contributed by atoms with Crippen LogP contribution in [0.25, 0.3) is 0 Å². The van der Waals surface area contributed by atoms with Gasteiger partial charge in [0.05, 0.1) is 11.6 Å². The molecule has 0 atom stereocenters. The van der Waals surface area contributed by atoms with Crippen LogP contribution < -0.4 is 10.2 Å². The number of hydrogen-bond donors (Lipinski definition) is 1. The van der Waals surface area contributed by atoms with Crippen molar-refractivity contribution in [2.24, 2.45) is 5.92 Å². The second-order valence-electron chi connectivity index (χ2n) is 8.99. The van der Waals surface area contributed by atoms with Crippen molar-refractivity contribution in [2.75, 3.05) is 36.4 Å². The molecule has 2 aliphatic rings. The van der Waals surface area contributed by atoms with Gasteiger partial charge in [0.25, 0.3) is 5.91 Å². The Labute approximate surface area is 201 Å². The van der Waals surface area contributed by atoms with Gasteiger partial charge in [0, 0.05) is 37.9 Å². The lowest BCUT2D eigenvalue weighted by molar-refractivity contribution is -0.120. The number of carbonyl (C=O) groups excluding carboxylic acids is 2. The summed E-state index contributed by atoms with van der Waals surface area (Å²) >= 11 is 0. The van der Waals surface area contributed by atoms with E-state index in [1.165, 1.54) is 30.3 Å². The first-order valence-electron chi connectivity index (χ1n) is 11.7. The van der Waals surface area contributed by atoms with E-state index < -0.39 is 5.82 Å². The number of nitrogens with zero attached hydrogens (tertiary/aromatic N) is 4. The fraction of sp³-hybridized carbons (Fsp3) is 0.308. The van der Waals surface area contributed by atoms with E-state index >= 15 is 0 Å². The maximum absolute atomic E-state index is 14.8. The number of anilines is 2. The average molecular weight is 478 g/mol. The summed E-state index contributed by atoms with van der Waals surface area (Å²) < 4.78 is 27.9. The summed E-state index contributed by atoms with van der Waals surface area (Å²) in [5.41, 5.74) is 1.48. The molecular formula is C26H25F2N5O2. The molecule has 9 heteroatoms. The first kappa shape index (κ1) is 22.9. The maximum atomic E-state index is 14.8. The summed E-state index contributed by atoms with van der Waals surface area (Å²) in [5.74, 6) is -0.578. The molecule has 2 amide bonds. The molecule has 2 saturated heterocycles. The number of hydrogen-bond acceptors (Lipinski definition) is 5. The van der Waals surface area contributed by atoms with Crippen molar-refractivity contribution in [2.45, 2.75) is 18.8 Å². The molecule has 3 aromatic rings. The molecule has 0 radical (unpaired) electrons. The Balaban J connectivity index is 1.14. The van der Waals surface area contributed by atoms with Crippen molar-refractivity contribution in [3.8, 4) is 0 Å².